The zero-order chi connectivity index (χ0) is 12.0. The summed E-state index contributed by atoms with van der Waals surface area (Å²) in [6.07, 6.45) is 1.68. The lowest BCUT2D eigenvalue weighted by Gasteiger charge is -2.22. The Bertz CT molecular complexity index is 324. The van der Waals surface area contributed by atoms with Gasteiger partial charge in [-0.3, -0.25) is 4.79 Å². The molecular weight excluding hydrogens is 248 g/mol. The first-order chi connectivity index (χ1) is 7.49. The van der Waals surface area contributed by atoms with Crippen LogP contribution in [0.2, 0.25) is 0 Å². The van der Waals surface area contributed by atoms with E-state index >= 15 is 0 Å². The smallest absolute Gasteiger partial charge is 0.237 e. The number of carbonyl (C=O) groups is 1. The van der Waals surface area contributed by atoms with E-state index in [1.807, 2.05) is 0 Å². The lowest BCUT2D eigenvalue weighted by Crippen LogP contribution is -2.49. The number of hydrogen-bond acceptors (Lipinski definition) is 5. The van der Waals surface area contributed by atoms with Crippen LogP contribution in [0.25, 0.3) is 0 Å². The van der Waals surface area contributed by atoms with Crippen molar-refractivity contribution in [2.24, 2.45) is 0 Å². The number of carbonyl (C=O) groups excluding carboxylic acids is 1. The van der Waals surface area contributed by atoms with Crippen LogP contribution in [0.15, 0.2) is 0 Å². The minimum absolute atomic E-state index is 0.0271. The Kier molecular flexibility index (Phi) is 5.57. The summed E-state index contributed by atoms with van der Waals surface area (Å²) in [5, 5.41) is 5.87. The van der Waals surface area contributed by atoms with E-state index in [4.69, 9.17) is 0 Å². The molecule has 2 N–H and O–H groups in total. The van der Waals surface area contributed by atoms with Crippen molar-refractivity contribution in [3.63, 3.8) is 0 Å². The number of thioether (sulfide) groups is 1. The Balaban J connectivity index is 2.14. The number of nitrogens with one attached hydrogen (secondary N) is 2. The monoisotopic (exact) mass is 266 g/mol. The molecule has 1 atom stereocenters. The first-order valence-corrected chi connectivity index (χ1v) is 8.47. The van der Waals surface area contributed by atoms with E-state index in [0.29, 0.717) is 13.0 Å². The third kappa shape index (κ3) is 5.72. The third-order valence-electron chi connectivity index (χ3n) is 2.23. The number of sulfone groups is 1. The van der Waals surface area contributed by atoms with Crippen molar-refractivity contribution in [3.8, 4) is 0 Å². The van der Waals surface area contributed by atoms with Gasteiger partial charge in [0.25, 0.3) is 0 Å². The highest BCUT2D eigenvalue weighted by Gasteiger charge is 2.20. The van der Waals surface area contributed by atoms with Gasteiger partial charge >= 0.3 is 0 Å². The van der Waals surface area contributed by atoms with E-state index in [0.717, 1.165) is 18.1 Å². The maximum atomic E-state index is 11.6. The summed E-state index contributed by atoms with van der Waals surface area (Å²) in [6, 6.07) is -0.128. The first-order valence-electron chi connectivity index (χ1n) is 5.25. The topological polar surface area (TPSA) is 75.3 Å². The van der Waals surface area contributed by atoms with Crippen molar-refractivity contribution in [1.29, 1.82) is 0 Å². The fraction of sp³-hybridized carbons (Fsp3) is 0.889. The molecule has 1 aliphatic heterocycles. The van der Waals surface area contributed by atoms with Crippen LogP contribution in [0.4, 0.5) is 0 Å². The van der Waals surface area contributed by atoms with Crippen molar-refractivity contribution in [3.05, 3.63) is 0 Å². The molecule has 1 unspecified atom stereocenters. The molecule has 1 fully saturated rings. The van der Waals surface area contributed by atoms with Gasteiger partial charge in [-0.15, -0.1) is 0 Å². The largest absolute Gasteiger partial charge is 0.355 e. The zero-order valence-corrected chi connectivity index (χ0v) is 11.0. The molecule has 0 bridgehead atoms. The molecule has 0 radical (unpaired) electrons. The second-order valence-corrected chi connectivity index (χ2v) is 7.27. The molecule has 1 heterocycles. The standard InChI is InChI=1S/C9H18N2O3S2/c1-16(13,14)6-2-3-11-9(12)8-7-15-5-4-10-8/h8,10H,2-7H2,1H3,(H,11,12). The van der Waals surface area contributed by atoms with Crippen LogP contribution < -0.4 is 10.6 Å². The lowest BCUT2D eigenvalue weighted by atomic mass is 10.3. The van der Waals surface area contributed by atoms with Gasteiger partial charge in [0.15, 0.2) is 0 Å². The van der Waals surface area contributed by atoms with E-state index in [2.05, 4.69) is 10.6 Å². The molecule has 0 aliphatic carbocycles. The highest BCUT2D eigenvalue weighted by Crippen LogP contribution is 2.07. The number of rotatable bonds is 5. The van der Waals surface area contributed by atoms with Crippen LogP contribution in [0.5, 0.6) is 0 Å². The Labute approximate surface area is 101 Å². The molecule has 16 heavy (non-hydrogen) atoms. The van der Waals surface area contributed by atoms with Gasteiger partial charge in [-0.25, -0.2) is 8.42 Å². The van der Waals surface area contributed by atoms with E-state index < -0.39 is 9.84 Å². The molecule has 1 amide bonds. The summed E-state index contributed by atoms with van der Waals surface area (Å²) >= 11 is 1.76. The predicted molar refractivity (Wildman–Crippen MR) is 66.5 cm³/mol. The number of hydrogen-bond donors (Lipinski definition) is 2. The maximum Gasteiger partial charge on any atom is 0.237 e. The Morgan fingerprint density at radius 3 is 2.88 bits per heavy atom. The van der Waals surface area contributed by atoms with Crippen molar-refractivity contribution < 1.29 is 13.2 Å². The van der Waals surface area contributed by atoms with E-state index in [9.17, 15) is 13.2 Å². The molecule has 5 nitrogen and oxygen atoms in total. The molecule has 0 aromatic heterocycles. The average molecular weight is 266 g/mol. The molecule has 1 aliphatic rings. The van der Waals surface area contributed by atoms with Crippen LogP contribution in [-0.4, -0.2) is 57.0 Å². The molecule has 1 rings (SSSR count). The van der Waals surface area contributed by atoms with Gasteiger partial charge in [-0.2, -0.15) is 11.8 Å². The Morgan fingerprint density at radius 1 is 1.56 bits per heavy atom. The van der Waals surface area contributed by atoms with Gasteiger partial charge in [0.2, 0.25) is 5.91 Å². The maximum absolute atomic E-state index is 11.6. The summed E-state index contributed by atoms with van der Waals surface area (Å²) in [7, 11) is -2.92. The normalized spacial score (nSPS) is 21.7. The summed E-state index contributed by atoms with van der Waals surface area (Å²) in [4.78, 5) is 11.6. The highest BCUT2D eigenvalue weighted by atomic mass is 32.2. The van der Waals surface area contributed by atoms with E-state index in [-0.39, 0.29) is 17.7 Å². The second kappa shape index (κ2) is 6.46. The molecule has 7 heteroatoms. The summed E-state index contributed by atoms with van der Waals surface area (Å²) in [5.41, 5.74) is 0. The molecule has 1 saturated heterocycles. The molecule has 0 aromatic carbocycles. The predicted octanol–water partition coefficient (Wildman–Crippen LogP) is -0.758. The first kappa shape index (κ1) is 13.8. The van der Waals surface area contributed by atoms with Crippen molar-refractivity contribution in [2.45, 2.75) is 12.5 Å². The van der Waals surface area contributed by atoms with E-state index in [1.165, 1.54) is 6.26 Å². The molecule has 0 spiro atoms. The fourth-order valence-electron chi connectivity index (χ4n) is 1.40. The SMILES string of the molecule is CS(=O)(=O)CCCNC(=O)C1CSCCN1. The van der Waals surface area contributed by atoms with Gasteiger partial charge in [-0.05, 0) is 6.42 Å². The van der Waals surface area contributed by atoms with Crippen LogP contribution in [0.3, 0.4) is 0 Å². The summed E-state index contributed by atoms with van der Waals surface area (Å²) in [5.74, 6) is 1.93. The van der Waals surface area contributed by atoms with Crippen molar-refractivity contribution in [1.82, 2.24) is 10.6 Å². The second-order valence-electron chi connectivity index (χ2n) is 3.86. The molecular formula is C9H18N2O3S2. The summed E-state index contributed by atoms with van der Waals surface area (Å²) < 4.78 is 21.7. The van der Waals surface area contributed by atoms with Crippen molar-refractivity contribution in [2.75, 3.05) is 36.6 Å². The van der Waals surface area contributed by atoms with Gasteiger partial charge < -0.3 is 10.6 Å². The van der Waals surface area contributed by atoms with Crippen LogP contribution in [0, 0.1) is 0 Å². The fourth-order valence-corrected chi connectivity index (χ4v) is 3.01. The molecule has 94 valence electrons. The van der Waals surface area contributed by atoms with Gasteiger partial charge in [-0.1, -0.05) is 0 Å². The van der Waals surface area contributed by atoms with Gasteiger partial charge in [0, 0.05) is 30.9 Å². The Hall–Kier alpha value is -0.270. The quantitative estimate of drug-likeness (QED) is 0.640. The minimum atomic E-state index is -2.92. The van der Waals surface area contributed by atoms with Crippen LogP contribution in [0.1, 0.15) is 6.42 Å². The highest BCUT2D eigenvalue weighted by molar-refractivity contribution is 7.99. The number of amides is 1. The third-order valence-corrected chi connectivity index (χ3v) is 4.32. The summed E-state index contributed by atoms with van der Waals surface area (Å²) in [6.45, 7) is 1.28. The van der Waals surface area contributed by atoms with Gasteiger partial charge in [0.1, 0.15) is 9.84 Å². The van der Waals surface area contributed by atoms with Gasteiger partial charge in [0.05, 0.1) is 11.8 Å². The average Bonchev–Trinajstić information content (AvgIpc) is 2.24. The van der Waals surface area contributed by atoms with Crippen molar-refractivity contribution >= 4 is 27.5 Å². The lowest BCUT2D eigenvalue weighted by molar-refractivity contribution is -0.122. The zero-order valence-electron chi connectivity index (χ0n) is 9.36. The molecule has 0 saturated carbocycles. The van der Waals surface area contributed by atoms with Crippen LogP contribution in [-0.2, 0) is 14.6 Å². The molecule has 0 aromatic rings. The van der Waals surface area contributed by atoms with E-state index in [1.54, 1.807) is 11.8 Å². The van der Waals surface area contributed by atoms with Crippen LogP contribution >= 0.6 is 11.8 Å². The Morgan fingerprint density at radius 2 is 2.31 bits per heavy atom. The minimum Gasteiger partial charge on any atom is -0.355 e.